The molecular formula is C27H31N5O. The SMILES string of the molecule is Cc1nn(-c2ccccc2)c(C)c1CN1CCN(C(=O)CCc2c[nH]c3ccccc23)CC1. The summed E-state index contributed by atoms with van der Waals surface area (Å²) in [6.45, 7) is 8.48. The molecule has 170 valence electrons. The molecule has 4 aromatic rings. The minimum absolute atomic E-state index is 0.254. The summed E-state index contributed by atoms with van der Waals surface area (Å²) in [7, 11) is 0. The monoisotopic (exact) mass is 441 g/mol. The molecule has 1 saturated heterocycles. The molecule has 1 amide bonds. The van der Waals surface area contributed by atoms with Crippen LogP contribution in [-0.2, 0) is 17.8 Å². The molecule has 0 bridgehead atoms. The number of rotatable bonds is 6. The number of nitrogens with zero attached hydrogens (tertiary/aromatic N) is 4. The molecular weight excluding hydrogens is 410 g/mol. The van der Waals surface area contributed by atoms with E-state index >= 15 is 0 Å². The topological polar surface area (TPSA) is 57.2 Å². The molecule has 33 heavy (non-hydrogen) atoms. The lowest BCUT2D eigenvalue weighted by Crippen LogP contribution is -2.48. The van der Waals surface area contributed by atoms with E-state index in [0.29, 0.717) is 6.42 Å². The van der Waals surface area contributed by atoms with Crippen LogP contribution < -0.4 is 0 Å². The largest absolute Gasteiger partial charge is 0.361 e. The highest BCUT2D eigenvalue weighted by molar-refractivity contribution is 5.84. The van der Waals surface area contributed by atoms with Gasteiger partial charge in [-0.25, -0.2) is 4.68 Å². The number of para-hydroxylation sites is 2. The van der Waals surface area contributed by atoms with Crippen molar-refractivity contribution in [3.63, 3.8) is 0 Å². The number of amides is 1. The quantitative estimate of drug-likeness (QED) is 0.487. The molecule has 0 aliphatic carbocycles. The number of hydrogen-bond donors (Lipinski definition) is 1. The highest BCUT2D eigenvalue weighted by atomic mass is 16.2. The number of H-pyrrole nitrogens is 1. The summed E-state index contributed by atoms with van der Waals surface area (Å²) >= 11 is 0. The summed E-state index contributed by atoms with van der Waals surface area (Å²) in [5.41, 5.74) is 7.01. The van der Waals surface area contributed by atoms with Gasteiger partial charge >= 0.3 is 0 Å². The maximum Gasteiger partial charge on any atom is 0.222 e. The average Bonchev–Trinajstić information content (AvgIpc) is 3.39. The van der Waals surface area contributed by atoms with Crippen LogP contribution >= 0.6 is 0 Å². The van der Waals surface area contributed by atoms with Crippen LogP contribution in [0, 0.1) is 13.8 Å². The molecule has 6 heteroatoms. The molecule has 0 radical (unpaired) electrons. The first kappa shape index (κ1) is 21.5. The van der Waals surface area contributed by atoms with Crippen molar-refractivity contribution in [1.82, 2.24) is 24.6 Å². The normalized spacial score (nSPS) is 14.8. The fourth-order valence-electron chi connectivity index (χ4n) is 4.84. The fraction of sp³-hybridized carbons (Fsp3) is 0.333. The molecule has 5 rings (SSSR count). The lowest BCUT2D eigenvalue weighted by molar-refractivity contribution is -0.133. The van der Waals surface area contributed by atoms with Gasteiger partial charge in [0.05, 0.1) is 11.4 Å². The molecule has 0 unspecified atom stereocenters. The van der Waals surface area contributed by atoms with Gasteiger partial charge in [0.1, 0.15) is 0 Å². The van der Waals surface area contributed by atoms with Gasteiger partial charge in [-0.05, 0) is 44.0 Å². The Kier molecular flexibility index (Phi) is 6.01. The number of aryl methyl sites for hydroxylation is 2. The minimum atomic E-state index is 0.254. The van der Waals surface area contributed by atoms with Crippen LogP contribution in [0.1, 0.15) is 28.9 Å². The van der Waals surface area contributed by atoms with Crippen LogP contribution in [0.5, 0.6) is 0 Å². The molecule has 1 aliphatic rings. The van der Waals surface area contributed by atoms with E-state index < -0.39 is 0 Å². The number of nitrogens with one attached hydrogen (secondary N) is 1. The standard InChI is InChI=1S/C27H31N5O/c1-20-25(21(2)32(29-20)23-8-4-3-5-9-23)19-30-14-16-31(17-15-30)27(33)13-12-22-18-28-26-11-7-6-10-24(22)26/h3-11,18,28H,12-17,19H2,1-2H3. The van der Waals surface area contributed by atoms with E-state index in [0.717, 1.165) is 56.0 Å². The second-order valence-corrected chi connectivity index (χ2v) is 8.91. The van der Waals surface area contributed by atoms with Crippen molar-refractivity contribution in [2.24, 2.45) is 0 Å². The van der Waals surface area contributed by atoms with Crippen molar-refractivity contribution >= 4 is 16.8 Å². The van der Waals surface area contributed by atoms with Gasteiger partial charge in [-0.2, -0.15) is 5.10 Å². The van der Waals surface area contributed by atoms with E-state index in [4.69, 9.17) is 5.10 Å². The van der Waals surface area contributed by atoms with E-state index in [1.54, 1.807) is 0 Å². The van der Waals surface area contributed by atoms with E-state index in [1.807, 2.05) is 46.1 Å². The molecule has 2 aromatic heterocycles. The van der Waals surface area contributed by atoms with Gasteiger partial charge in [0.2, 0.25) is 5.91 Å². The number of carbonyl (C=O) groups excluding carboxylic acids is 1. The Morgan fingerprint density at radius 3 is 2.48 bits per heavy atom. The third-order valence-corrected chi connectivity index (χ3v) is 6.83. The highest BCUT2D eigenvalue weighted by Crippen LogP contribution is 2.22. The van der Waals surface area contributed by atoms with Crippen LogP contribution in [0.25, 0.3) is 16.6 Å². The van der Waals surface area contributed by atoms with E-state index in [1.165, 1.54) is 22.2 Å². The fourth-order valence-corrected chi connectivity index (χ4v) is 4.84. The predicted molar refractivity (Wildman–Crippen MR) is 132 cm³/mol. The number of piperazine rings is 1. The van der Waals surface area contributed by atoms with Crippen LogP contribution in [0.4, 0.5) is 0 Å². The number of hydrogen-bond acceptors (Lipinski definition) is 3. The molecule has 3 heterocycles. The number of aromatic nitrogens is 3. The van der Waals surface area contributed by atoms with Crippen molar-refractivity contribution < 1.29 is 4.79 Å². The van der Waals surface area contributed by atoms with Gasteiger partial charge in [0, 0.05) is 67.5 Å². The Balaban J connectivity index is 1.16. The molecule has 2 aromatic carbocycles. The van der Waals surface area contributed by atoms with Crippen LogP contribution in [0.3, 0.4) is 0 Å². The van der Waals surface area contributed by atoms with Gasteiger partial charge in [0.15, 0.2) is 0 Å². The van der Waals surface area contributed by atoms with Crippen molar-refractivity contribution in [3.05, 3.63) is 83.3 Å². The Morgan fingerprint density at radius 1 is 0.970 bits per heavy atom. The zero-order valence-electron chi connectivity index (χ0n) is 19.4. The molecule has 1 aliphatic heterocycles. The van der Waals surface area contributed by atoms with Gasteiger partial charge in [-0.15, -0.1) is 0 Å². The third kappa shape index (κ3) is 4.44. The van der Waals surface area contributed by atoms with E-state index in [2.05, 4.69) is 48.0 Å². The summed E-state index contributed by atoms with van der Waals surface area (Å²) in [5, 5.41) is 6.00. The molecule has 1 fully saturated rings. The van der Waals surface area contributed by atoms with Gasteiger partial charge in [-0.3, -0.25) is 9.69 Å². The maximum atomic E-state index is 12.8. The van der Waals surface area contributed by atoms with Crippen molar-refractivity contribution in [2.45, 2.75) is 33.2 Å². The second-order valence-electron chi connectivity index (χ2n) is 8.91. The number of benzene rings is 2. The Hall–Kier alpha value is -3.38. The molecule has 0 spiro atoms. The zero-order valence-corrected chi connectivity index (χ0v) is 19.4. The zero-order chi connectivity index (χ0) is 22.8. The number of aromatic amines is 1. The Bertz CT molecular complexity index is 1250. The lowest BCUT2D eigenvalue weighted by Gasteiger charge is -2.35. The van der Waals surface area contributed by atoms with Crippen LogP contribution in [-0.4, -0.2) is 56.7 Å². The number of fused-ring (bicyclic) bond motifs is 1. The van der Waals surface area contributed by atoms with Crippen molar-refractivity contribution in [3.8, 4) is 5.69 Å². The third-order valence-electron chi connectivity index (χ3n) is 6.83. The molecule has 1 N–H and O–H groups in total. The molecule has 0 saturated carbocycles. The van der Waals surface area contributed by atoms with Crippen molar-refractivity contribution in [1.29, 1.82) is 0 Å². The van der Waals surface area contributed by atoms with E-state index in [-0.39, 0.29) is 5.91 Å². The summed E-state index contributed by atoms with van der Waals surface area (Å²) in [5.74, 6) is 0.254. The summed E-state index contributed by atoms with van der Waals surface area (Å²) < 4.78 is 2.04. The summed E-state index contributed by atoms with van der Waals surface area (Å²) in [6, 6.07) is 18.6. The van der Waals surface area contributed by atoms with Crippen molar-refractivity contribution in [2.75, 3.05) is 26.2 Å². The van der Waals surface area contributed by atoms with Crippen LogP contribution in [0.15, 0.2) is 60.8 Å². The average molecular weight is 442 g/mol. The minimum Gasteiger partial charge on any atom is -0.361 e. The molecule has 6 nitrogen and oxygen atoms in total. The maximum absolute atomic E-state index is 12.8. The van der Waals surface area contributed by atoms with Gasteiger partial charge in [0.25, 0.3) is 0 Å². The summed E-state index contributed by atoms with van der Waals surface area (Å²) in [6.07, 6.45) is 3.38. The van der Waals surface area contributed by atoms with Crippen LogP contribution in [0.2, 0.25) is 0 Å². The Morgan fingerprint density at radius 2 is 1.70 bits per heavy atom. The molecule has 0 atom stereocenters. The highest BCUT2D eigenvalue weighted by Gasteiger charge is 2.23. The van der Waals surface area contributed by atoms with Gasteiger partial charge in [-0.1, -0.05) is 36.4 Å². The lowest BCUT2D eigenvalue weighted by atomic mass is 10.1. The smallest absolute Gasteiger partial charge is 0.222 e. The first-order valence-corrected chi connectivity index (χ1v) is 11.8. The van der Waals surface area contributed by atoms with E-state index in [9.17, 15) is 4.79 Å². The number of carbonyl (C=O) groups is 1. The first-order valence-electron chi connectivity index (χ1n) is 11.8. The van der Waals surface area contributed by atoms with Gasteiger partial charge < -0.3 is 9.88 Å². The second kappa shape index (κ2) is 9.24. The first-order chi connectivity index (χ1) is 16.1. The summed E-state index contributed by atoms with van der Waals surface area (Å²) in [4.78, 5) is 20.6. The predicted octanol–water partition coefficient (Wildman–Crippen LogP) is 4.25. The Labute approximate surface area is 194 Å².